The second kappa shape index (κ2) is 7.27. The standard InChI is InChI=1S/C19H23N3O4/c1-19(2,3)18(24)22-10-8-14(9-11-22)17(23)26-15-6-4-13(5-7-15)16-21-20-12-25-16/h4-7,12,14H,8-11H2,1-3H3. The lowest BCUT2D eigenvalue weighted by Gasteiger charge is -2.34. The number of benzene rings is 1. The summed E-state index contributed by atoms with van der Waals surface area (Å²) in [6.45, 7) is 6.91. The van der Waals surface area contributed by atoms with Crippen molar-refractivity contribution in [2.24, 2.45) is 11.3 Å². The van der Waals surface area contributed by atoms with Gasteiger partial charge in [0.2, 0.25) is 18.2 Å². The van der Waals surface area contributed by atoms with Gasteiger partial charge in [-0.2, -0.15) is 0 Å². The Bertz CT molecular complexity index is 755. The van der Waals surface area contributed by atoms with Crippen LogP contribution in [0.2, 0.25) is 0 Å². The first-order chi connectivity index (χ1) is 12.3. The van der Waals surface area contributed by atoms with E-state index in [0.717, 1.165) is 5.56 Å². The largest absolute Gasteiger partial charge is 0.426 e. The maximum absolute atomic E-state index is 12.4. The smallest absolute Gasteiger partial charge is 0.314 e. The lowest BCUT2D eigenvalue weighted by Crippen LogP contribution is -2.45. The van der Waals surface area contributed by atoms with Gasteiger partial charge in [-0.15, -0.1) is 10.2 Å². The van der Waals surface area contributed by atoms with E-state index in [1.165, 1.54) is 6.39 Å². The number of ether oxygens (including phenoxy) is 1. The van der Waals surface area contributed by atoms with Crippen molar-refractivity contribution >= 4 is 11.9 Å². The molecule has 138 valence electrons. The highest BCUT2D eigenvalue weighted by molar-refractivity contribution is 5.82. The van der Waals surface area contributed by atoms with Gasteiger partial charge in [0.1, 0.15) is 5.75 Å². The molecule has 0 spiro atoms. The average Bonchev–Trinajstić information content (AvgIpc) is 3.16. The number of hydrogen-bond donors (Lipinski definition) is 0. The number of rotatable bonds is 3. The molecule has 1 fully saturated rings. The number of amides is 1. The van der Waals surface area contributed by atoms with Crippen molar-refractivity contribution in [3.8, 4) is 17.2 Å². The van der Waals surface area contributed by atoms with Gasteiger partial charge < -0.3 is 14.1 Å². The van der Waals surface area contributed by atoms with Crippen molar-refractivity contribution in [1.29, 1.82) is 0 Å². The Morgan fingerprint density at radius 1 is 1.15 bits per heavy atom. The lowest BCUT2D eigenvalue weighted by molar-refractivity contribution is -0.146. The van der Waals surface area contributed by atoms with Crippen LogP contribution in [0.4, 0.5) is 0 Å². The van der Waals surface area contributed by atoms with Crippen LogP contribution in [0, 0.1) is 11.3 Å². The second-order valence-corrected chi connectivity index (χ2v) is 7.51. The Labute approximate surface area is 152 Å². The van der Waals surface area contributed by atoms with Crippen LogP contribution in [0.25, 0.3) is 11.5 Å². The number of likely N-dealkylation sites (tertiary alicyclic amines) is 1. The molecule has 7 heteroatoms. The van der Waals surface area contributed by atoms with Gasteiger partial charge in [0, 0.05) is 24.1 Å². The number of nitrogens with zero attached hydrogens (tertiary/aromatic N) is 3. The van der Waals surface area contributed by atoms with Crippen molar-refractivity contribution in [2.75, 3.05) is 13.1 Å². The Kier molecular flexibility index (Phi) is 5.06. The predicted molar refractivity (Wildman–Crippen MR) is 94.1 cm³/mol. The Morgan fingerprint density at radius 2 is 1.81 bits per heavy atom. The van der Waals surface area contributed by atoms with Crippen LogP contribution < -0.4 is 4.74 Å². The highest BCUT2D eigenvalue weighted by Gasteiger charge is 2.33. The third kappa shape index (κ3) is 4.09. The van der Waals surface area contributed by atoms with E-state index in [1.807, 2.05) is 25.7 Å². The molecule has 1 amide bonds. The van der Waals surface area contributed by atoms with E-state index in [1.54, 1.807) is 24.3 Å². The van der Waals surface area contributed by atoms with E-state index in [4.69, 9.17) is 9.15 Å². The molecule has 0 N–H and O–H groups in total. The van der Waals surface area contributed by atoms with Crippen LogP contribution in [-0.4, -0.2) is 40.1 Å². The summed E-state index contributed by atoms with van der Waals surface area (Å²) in [7, 11) is 0. The summed E-state index contributed by atoms with van der Waals surface area (Å²) in [6.07, 6.45) is 2.52. The molecule has 0 aliphatic carbocycles. The molecular formula is C19H23N3O4. The van der Waals surface area contributed by atoms with Crippen molar-refractivity contribution in [2.45, 2.75) is 33.6 Å². The van der Waals surface area contributed by atoms with Gasteiger partial charge in [-0.25, -0.2) is 0 Å². The number of carbonyl (C=O) groups excluding carboxylic acids is 2. The summed E-state index contributed by atoms with van der Waals surface area (Å²) in [5, 5.41) is 7.47. The van der Waals surface area contributed by atoms with Crippen LogP contribution in [0.3, 0.4) is 0 Å². The molecular weight excluding hydrogens is 334 g/mol. The van der Waals surface area contributed by atoms with E-state index >= 15 is 0 Å². The molecule has 0 bridgehead atoms. The minimum Gasteiger partial charge on any atom is -0.426 e. The van der Waals surface area contributed by atoms with Gasteiger partial charge in [-0.3, -0.25) is 9.59 Å². The highest BCUT2D eigenvalue weighted by atomic mass is 16.5. The summed E-state index contributed by atoms with van der Waals surface area (Å²) >= 11 is 0. The van der Waals surface area contributed by atoms with Gasteiger partial charge in [-0.1, -0.05) is 20.8 Å². The highest BCUT2D eigenvalue weighted by Crippen LogP contribution is 2.26. The minimum atomic E-state index is -0.395. The summed E-state index contributed by atoms with van der Waals surface area (Å²) in [5.41, 5.74) is 0.365. The van der Waals surface area contributed by atoms with Crippen molar-refractivity contribution in [3.05, 3.63) is 30.7 Å². The number of carbonyl (C=O) groups is 2. The van der Waals surface area contributed by atoms with E-state index < -0.39 is 5.41 Å². The topological polar surface area (TPSA) is 85.5 Å². The molecule has 26 heavy (non-hydrogen) atoms. The molecule has 0 unspecified atom stereocenters. The molecule has 7 nitrogen and oxygen atoms in total. The van der Waals surface area contributed by atoms with Crippen molar-refractivity contribution in [1.82, 2.24) is 15.1 Å². The summed E-state index contributed by atoms with van der Waals surface area (Å²) in [5.74, 6) is 0.583. The number of hydrogen-bond acceptors (Lipinski definition) is 6. The first-order valence-electron chi connectivity index (χ1n) is 8.72. The fourth-order valence-electron chi connectivity index (χ4n) is 2.96. The van der Waals surface area contributed by atoms with Crippen LogP contribution >= 0.6 is 0 Å². The van der Waals surface area contributed by atoms with Gasteiger partial charge in [0.25, 0.3) is 0 Å². The quantitative estimate of drug-likeness (QED) is 0.620. The van der Waals surface area contributed by atoms with Crippen molar-refractivity contribution in [3.63, 3.8) is 0 Å². The van der Waals surface area contributed by atoms with Crippen LogP contribution in [-0.2, 0) is 9.59 Å². The number of aromatic nitrogens is 2. The first-order valence-corrected chi connectivity index (χ1v) is 8.72. The molecule has 0 saturated carbocycles. The van der Waals surface area contributed by atoms with E-state index in [0.29, 0.717) is 37.6 Å². The number of esters is 1. The Balaban J connectivity index is 1.54. The second-order valence-electron chi connectivity index (χ2n) is 7.51. The molecule has 3 rings (SSSR count). The van der Waals surface area contributed by atoms with Crippen molar-refractivity contribution < 1.29 is 18.7 Å². The van der Waals surface area contributed by atoms with Gasteiger partial charge in [0.15, 0.2) is 0 Å². The fraction of sp³-hybridized carbons (Fsp3) is 0.474. The zero-order valence-electron chi connectivity index (χ0n) is 15.3. The van der Waals surface area contributed by atoms with Crippen LogP contribution in [0.1, 0.15) is 33.6 Å². The minimum absolute atomic E-state index is 0.126. The normalized spacial score (nSPS) is 15.7. The predicted octanol–water partition coefficient (Wildman–Crippen LogP) is 2.93. The molecule has 1 aromatic heterocycles. The maximum Gasteiger partial charge on any atom is 0.314 e. The van der Waals surface area contributed by atoms with Gasteiger partial charge >= 0.3 is 5.97 Å². The molecule has 2 aromatic rings. The molecule has 1 aliphatic rings. The maximum atomic E-state index is 12.4. The van der Waals surface area contributed by atoms with E-state index in [-0.39, 0.29) is 17.8 Å². The summed E-state index contributed by atoms with van der Waals surface area (Å²) < 4.78 is 10.6. The van der Waals surface area contributed by atoms with Gasteiger partial charge in [-0.05, 0) is 37.1 Å². The molecule has 2 heterocycles. The van der Waals surface area contributed by atoms with Gasteiger partial charge in [0.05, 0.1) is 5.92 Å². The third-order valence-corrected chi connectivity index (χ3v) is 4.44. The summed E-state index contributed by atoms with van der Waals surface area (Å²) in [6, 6.07) is 6.94. The molecule has 0 radical (unpaired) electrons. The molecule has 0 atom stereocenters. The SMILES string of the molecule is CC(C)(C)C(=O)N1CCC(C(=O)Oc2ccc(-c3nnco3)cc2)CC1. The zero-order valence-corrected chi connectivity index (χ0v) is 15.3. The third-order valence-electron chi connectivity index (χ3n) is 4.44. The monoisotopic (exact) mass is 357 g/mol. The average molecular weight is 357 g/mol. The molecule has 1 aromatic carbocycles. The summed E-state index contributed by atoms with van der Waals surface area (Å²) in [4.78, 5) is 26.5. The van der Waals surface area contributed by atoms with Crippen LogP contribution in [0.5, 0.6) is 5.75 Å². The first kappa shape index (κ1) is 18.1. The number of piperidine rings is 1. The Morgan fingerprint density at radius 3 is 2.35 bits per heavy atom. The Hall–Kier alpha value is -2.70. The van der Waals surface area contributed by atoms with E-state index in [2.05, 4.69) is 10.2 Å². The van der Waals surface area contributed by atoms with Crippen LogP contribution in [0.15, 0.2) is 35.1 Å². The molecule has 1 saturated heterocycles. The lowest BCUT2D eigenvalue weighted by atomic mass is 9.91. The van der Waals surface area contributed by atoms with E-state index in [9.17, 15) is 9.59 Å². The fourth-order valence-corrected chi connectivity index (χ4v) is 2.96. The molecule has 1 aliphatic heterocycles. The zero-order chi connectivity index (χ0) is 18.7.